The molecule has 6 nitrogen and oxygen atoms in total. The van der Waals surface area contributed by atoms with Gasteiger partial charge in [-0.1, -0.05) is 0 Å². The van der Waals surface area contributed by atoms with Crippen LogP contribution in [0.4, 0.5) is 0 Å². The Morgan fingerprint density at radius 2 is 2.21 bits per heavy atom. The largest absolute Gasteiger partial charge is 0.493 e. The second-order valence-electron chi connectivity index (χ2n) is 4.45. The lowest BCUT2D eigenvalue weighted by Crippen LogP contribution is -2.15. The molecule has 102 valence electrons. The van der Waals surface area contributed by atoms with E-state index in [1.165, 1.54) is 0 Å². The normalized spacial score (nSPS) is 11.1. The van der Waals surface area contributed by atoms with Crippen LogP contribution in [0.3, 0.4) is 0 Å². The predicted molar refractivity (Wildman–Crippen MR) is 68.6 cm³/mol. The van der Waals surface area contributed by atoms with Crippen molar-refractivity contribution in [2.75, 3.05) is 6.61 Å². The zero-order chi connectivity index (χ0) is 14.0. The first-order valence-corrected chi connectivity index (χ1v) is 5.98. The van der Waals surface area contributed by atoms with E-state index < -0.39 is 11.7 Å². The van der Waals surface area contributed by atoms with Crippen LogP contribution in [0.1, 0.15) is 26.3 Å². The van der Waals surface area contributed by atoms with Gasteiger partial charge in [0.15, 0.2) is 5.58 Å². The highest BCUT2D eigenvalue weighted by Gasteiger charge is 2.12. The zero-order valence-electron chi connectivity index (χ0n) is 10.8. The Morgan fingerprint density at radius 1 is 1.47 bits per heavy atom. The van der Waals surface area contributed by atoms with Gasteiger partial charge in [-0.15, -0.1) is 0 Å². The van der Waals surface area contributed by atoms with Gasteiger partial charge in [0.25, 0.3) is 0 Å². The first kappa shape index (κ1) is 13.2. The molecule has 2 rings (SSSR count). The number of carbonyl (C=O) groups is 1. The van der Waals surface area contributed by atoms with E-state index in [2.05, 4.69) is 0 Å². The van der Waals surface area contributed by atoms with Crippen LogP contribution >= 0.6 is 0 Å². The van der Waals surface area contributed by atoms with Crippen molar-refractivity contribution in [1.29, 1.82) is 0 Å². The van der Waals surface area contributed by atoms with Gasteiger partial charge in [-0.25, -0.2) is 4.79 Å². The highest BCUT2D eigenvalue weighted by atomic mass is 16.5. The quantitative estimate of drug-likeness (QED) is 0.894. The van der Waals surface area contributed by atoms with E-state index in [-0.39, 0.29) is 19.1 Å². The third kappa shape index (κ3) is 2.78. The maximum atomic E-state index is 11.7. The van der Waals surface area contributed by atoms with Crippen LogP contribution in [0.2, 0.25) is 0 Å². The number of aliphatic carboxylic acids is 1. The number of hydrogen-bond donors (Lipinski definition) is 1. The van der Waals surface area contributed by atoms with Gasteiger partial charge in [0, 0.05) is 12.1 Å². The third-order valence-corrected chi connectivity index (χ3v) is 2.69. The molecule has 0 aliphatic heterocycles. The monoisotopic (exact) mass is 265 g/mol. The van der Waals surface area contributed by atoms with E-state index in [1.807, 2.05) is 13.8 Å². The van der Waals surface area contributed by atoms with Crippen molar-refractivity contribution in [2.24, 2.45) is 0 Å². The van der Waals surface area contributed by atoms with Gasteiger partial charge in [-0.3, -0.25) is 9.36 Å². The Kier molecular flexibility index (Phi) is 3.59. The number of fused-ring (bicyclic) bond motifs is 1. The average molecular weight is 265 g/mol. The molecule has 0 saturated heterocycles. The number of ether oxygens (including phenoxy) is 1. The van der Waals surface area contributed by atoms with Crippen LogP contribution in [-0.2, 0) is 4.79 Å². The fourth-order valence-corrected chi connectivity index (χ4v) is 1.85. The fraction of sp³-hybridized carbons (Fsp3) is 0.385. The average Bonchev–Trinajstić information content (AvgIpc) is 2.63. The molecule has 0 atom stereocenters. The summed E-state index contributed by atoms with van der Waals surface area (Å²) in [6.07, 6.45) is -0.0744. The van der Waals surface area contributed by atoms with Gasteiger partial charge < -0.3 is 14.3 Å². The molecule has 6 heteroatoms. The van der Waals surface area contributed by atoms with Crippen molar-refractivity contribution in [3.05, 3.63) is 28.7 Å². The smallest absolute Gasteiger partial charge is 0.420 e. The topological polar surface area (TPSA) is 81.7 Å². The van der Waals surface area contributed by atoms with Crippen molar-refractivity contribution in [3.8, 4) is 5.75 Å². The predicted octanol–water partition coefficient (Wildman–Crippen LogP) is 2.03. The summed E-state index contributed by atoms with van der Waals surface area (Å²) in [6, 6.07) is 5.03. The molecular weight excluding hydrogens is 250 g/mol. The Hall–Kier alpha value is -2.24. The number of hydrogen-bond acceptors (Lipinski definition) is 4. The minimum absolute atomic E-state index is 0.00697. The molecular formula is C13H15NO5. The molecule has 0 saturated carbocycles. The first-order valence-electron chi connectivity index (χ1n) is 5.98. The third-order valence-electron chi connectivity index (χ3n) is 2.69. The van der Waals surface area contributed by atoms with E-state index in [4.69, 9.17) is 14.3 Å². The second-order valence-corrected chi connectivity index (χ2v) is 4.45. The lowest BCUT2D eigenvalue weighted by molar-refractivity contribution is -0.137. The van der Waals surface area contributed by atoms with Crippen LogP contribution in [-0.4, -0.2) is 22.2 Å². The van der Waals surface area contributed by atoms with Gasteiger partial charge in [0.2, 0.25) is 0 Å². The zero-order valence-corrected chi connectivity index (χ0v) is 10.8. The van der Waals surface area contributed by atoms with E-state index in [0.29, 0.717) is 16.8 Å². The van der Waals surface area contributed by atoms with Crippen LogP contribution in [0.15, 0.2) is 27.4 Å². The van der Waals surface area contributed by atoms with E-state index in [1.54, 1.807) is 22.8 Å². The molecule has 0 aliphatic rings. The maximum Gasteiger partial charge on any atom is 0.420 e. The molecule has 1 heterocycles. The Bertz CT molecular complexity index is 653. The van der Waals surface area contributed by atoms with Crippen molar-refractivity contribution in [3.63, 3.8) is 0 Å². The molecule has 0 unspecified atom stereocenters. The lowest BCUT2D eigenvalue weighted by Gasteiger charge is -2.06. The molecule has 19 heavy (non-hydrogen) atoms. The van der Waals surface area contributed by atoms with Gasteiger partial charge in [-0.05, 0) is 26.0 Å². The van der Waals surface area contributed by atoms with Crippen molar-refractivity contribution >= 4 is 17.1 Å². The Labute approximate surface area is 109 Å². The van der Waals surface area contributed by atoms with Gasteiger partial charge >= 0.3 is 11.7 Å². The first-order chi connectivity index (χ1) is 8.99. The molecule has 0 aliphatic carbocycles. The second kappa shape index (κ2) is 5.17. The van der Waals surface area contributed by atoms with E-state index >= 15 is 0 Å². The van der Waals surface area contributed by atoms with Crippen molar-refractivity contribution in [2.45, 2.75) is 26.3 Å². The summed E-state index contributed by atoms with van der Waals surface area (Å²) in [6.45, 7) is 3.87. The molecule has 1 N–H and O–H groups in total. The van der Waals surface area contributed by atoms with Crippen LogP contribution in [0, 0.1) is 0 Å². The summed E-state index contributed by atoms with van der Waals surface area (Å²) in [5.41, 5.74) is 1.14. The van der Waals surface area contributed by atoms with E-state index in [0.717, 1.165) is 0 Å². The minimum Gasteiger partial charge on any atom is -0.493 e. The van der Waals surface area contributed by atoms with Crippen molar-refractivity contribution in [1.82, 2.24) is 4.57 Å². The van der Waals surface area contributed by atoms with Gasteiger partial charge in [0.1, 0.15) is 5.75 Å². The summed E-state index contributed by atoms with van der Waals surface area (Å²) in [4.78, 5) is 22.1. The summed E-state index contributed by atoms with van der Waals surface area (Å²) >= 11 is 0. The summed E-state index contributed by atoms with van der Waals surface area (Å²) in [7, 11) is 0. The van der Waals surface area contributed by atoms with E-state index in [9.17, 15) is 9.59 Å². The number of aromatic nitrogens is 1. The Morgan fingerprint density at radius 3 is 2.84 bits per heavy atom. The van der Waals surface area contributed by atoms with Crippen LogP contribution in [0.25, 0.3) is 11.1 Å². The number of carboxylic acids is 1. The van der Waals surface area contributed by atoms with Gasteiger partial charge in [-0.2, -0.15) is 0 Å². The maximum absolute atomic E-state index is 11.7. The standard InChI is InChI=1S/C13H15NO5/c1-8(2)14-10-4-3-9(18-6-5-12(15)16)7-11(10)19-13(14)17/h3-4,7-8H,5-6H2,1-2H3,(H,15,16). The molecule has 0 radical (unpaired) electrons. The highest BCUT2D eigenvalue weighted by Crippen LogP contribution is 2.22. The molecule has 1 aromatic heterocycles. The number of benzene rings is 1. The fourth-order valence-electron chi connectivity index (χ4n) is 1.85. The molecule has 0 fully saturated rings. The van der Waals surface area contributed by atoms with Crippen LogP contribution in [0.5, 0.6) is 5.75 Å². The molecule has 1 aromatic carbocycles. The number of rotatable bonds is 5. The van der Waals surface area contributed by atoms with Crippen LogP contribution < -0.4 is 10.5 Å². The molecule has 2 aromatic rings. The minimum atomic E-state index is -0.918. The SMILES string of the molecule is CC(C)n1c(=O)oc2cc(OCCC(=O)O)ccc21. The summed E-state index contributed by atoms with van der Waals surface area (Å²) in [5, 5.41) is 8.52. The molecule has 0 amide bonds. The molecule has 0 bridgehead atoms. The number of nitrogens with zero attached hydrogens (tertiary/aromatic N) is 1. The number of oxazole rings is 1. The van der Waals surface area contributed by atoms with Gasteiger partial charge in [0.05, 0.1) is 18.5 Å². The summed E-state index contributed by atoms with van der Waals surface area (Å²) < 4.78 is 12.0. The summed E-state index contributed by atoms with van der Waals surface area (Å²) in [5.74, 6) is -0.843. The Balaban J connectivity index is 2.27. The molecule has 0 spiro atoms. The highest BCUT2D eigenvalue weighted by molar-refractivity contribution is 5.75. The van der Waals surface area contributed by atoms with Crippen molar-refractivity contribution < 1.29 is 19.1 Å². The lowest BCUT2D eigenvalue weighted by atomic mass is 10.3. The number of carboxylic acid groups (broad SMARTS) is 1.